The van der Waals surface area contributed by atoms with Crippen molar-refractivity contribution in [3.63, 3.8) is 0 Å². The maximum absolute atomic E-state index is 13.2. The normalized spacial score (nSPS) is 21.3. The van der Waals surface area contributed by atoms with Crippen LogP contribution in [0.5, 0.6) is 0 Å². The first kappa shape index (κ1) is 15.0. The van der Waals surface area contributed by atoms with E-state index in [-0.39, 0.29) is 25.3 Å². The van der Waals surface area contributed by atoms with Gasteiger partial charge in [0.05, 0.1) is 30.2 Å². The van der Waals surface area contributed by atoms with Gasteiger partial charge >= 0.3 is 6.09 Å². The van der Waals surface area contributed by atoms with Gasteiger partial charge in [-0.25, -0.2) is 9.18 Å². The van der Waals surface area contributed by atoms with Crippen molar-refractivity contribution in [3.05, 3.63) is 34.1 Å². The van der Waals surface area contributed by atoms with Crippen molar-refractivity contribution in [2.75, 3.05) is 18.1 Å². The Morgan fingerprint density at radius 2 is 2.33 bits per heavy atom. The number of aliphatic hydroxyl groups is 1. The van der Waals surface area contributed by atoms with E-state index in [1.165, 1.54) is 11.0 Å². The van der Waals surface area contributed by atoms with Gasteiger partial charge in [0.2, 0.25) is 0 Å². The van der Waals surface area contributed by atoms with Crippen LogP contribution in [0.3, 0.4) is 0 Å². The molecule has 1 fully saturated rings. The molecule has 0 aromatic heterocycles. The van der Waals surface area contributed by atoms with E-state index in [0.29, 0.717) is 0 Å². The van der Waals surface area contributed by atoms with E-state index in [1.807, 2.05) is 0 Å². The third kappa shape index (κ3) is 3.19. The number of primary amides is 1. The quantitative estimate of drug-likeness (QED) is 0.626. The van der Waals surface area contributed by atoms with Gasteiger partial charge in [-0.3, -0.25) is 10.1 Å². The minimum Gasteiger partial charge on any atom is -0.444 e. The van der Waals surface area contributed by atoms with Gasteiger partial charge in [0, 0.05) is 6.42 Å². The fraction of sp³-hybridized carbons (Fsp3) is 0.417. The molecule has 8 nitrogen and oxygen atoms in total. The van der Waals surface area contributed by atoms with Gasteiger partial charge in [-0.2, -0.15) is 0 Å². The van der Waals surface area contributed by atoms with Crippen molar-refractivity contribution < 1.29 is 24.0 Å². The van der Waals surface area contributed by atoms with E-state index in [4.69, 9.17) is 10.5 Å². The van der Waals surface area contributed by atoms with E-state index in [0.717, 1.165) is 12.1 Å². The average Bonchev–Trinajstić information content (AvgIpc) is 2.80. The molecule has 21 heavy (non-hydrogen) atoms. The highest BCUT2D eigenvalue weighted by Gasteiger charge is 2.36. The van der Waals surface area contributed by atoms with Crippen molar-refractivity contribution >= 4 is 17.5 Å². The molecule has 114 valence electrons. The van der Waals surface area contributed by atoms with Crippen molar-refractivity contribution in [2.45, 2.75) is 18.6 Å². The summed E-state index contributed by atoms with van der Waals surface area (Å²) >= 11 is 0. The van der Waals surface area contributed by atoms with Gasteiger partial charge < -0.3 is 20.5 Å². The Bertz CT molecular complexity index is 568. The zero-order chi connectivity index (χ0) is 15.6. The van der Waals surface area contributed by atoms with E-state index in [1.54, 1.807) is 0 Å². The Morgan fingerprint density at radius 3 is 2.90 bits per heavy atom. The number of aliphatic hydroxyl groups excluding tert-OH is 1. The van der Waals surface area contributed by atoms with Crippen LogP contribution in [0, 0.1) is 15.9 Å². The number of nitro benzene ring substituents is 1. The summed E-state index contributed by atoms with van der Waals surface area (Å²) in [5.74, 6) is -0.727. The van der Waals surface area contributed by atoms with Gasteiger partial charge in [0.15, 0.2) is 0 Å². The lowest BCUT2D eigenvalue weighted by Crippen LogP contribution is -2.33. The summed E-state index contributed by atoms with van der Waals surface area (Å²) in [6, 6.07) is 2.70. The number of hydrogen-bond donors (Lipinski definition) is 2. The van der Waals surface area contributed by atoms with Crippen LogP contribution >= 0.6 is 0 Å². The van der Waals surface area contributed by atoms with Gasteiger partial charge in [-0.05, 0) is 12.1 Å². The van der Waals surface area contributed by atoms with Crippen LogP contribution in [-0.2, 0) is 4.74 Å². The predicted octanol–water partition coefficient (Wildman–Crippen LogP) is 0.769. The second-order valence-corrected chi connectivity index (χ2v) is 4.67. The number of hydrogen-bond acceptors (Lipinski definition) is 6. The molecule has 2 atom stereocenters. The van der Waals surface area contributed by atoms with Crippen molar-refractivity contribution in [1.82, 2.24) is 0 Å². The molecular formula is C12H14FN3O5. The van der Waals surface area contributed by atoms with Crippen molar-refractivity contribution in [3.8, 4) is 0 Å². The van der Waals surface area contributed by atoms with Gasteiger partial charge in [0.25, 0.3) is 5.69 Å². The number of ether oxygens (including phenoxy) is 1. The lowest BCUT2D eigenvalue weighted by Gasteiger charge is -2.24. The molecule has 0 spiro atoms. The topological polar surface area (TPSA) is 119 Å². The molecule has 2 rings (SSSR count). The molecule has 0 unspecified atom stereocenters. The maximum Gasteiger partial charge on any atom is 0.404 e. The highest BCUT2D eigenvalue weighted by Crippen LogP contribution is 2.34. The summed E-state index contributed by atoms with van der Waals surface area (Å²) in [7, 11) is 0. The van der Waals surface area contributed by atoms with Gasteiger partial charge in [-0.1, -0.05) is 0 Å². The summed E-state index contributed by atoms with van der Waals surface area (Å²) in [5, 5.41) is 20.4. The summed E-state index contributed by atoms with van der Waals surface area (Å²) < 4.78 is 18.0. The number of nitrogens with zero attached hydrogens (tertiary/aromatic N) is 2. The van der Waals surface area contributed by atoms with Gasteiger partial charge in [-0.15, -0.1) is 0 Å². The third-order valence-corrected chi connectivity index (χ3v) is 3.31. The van der Waals surface area contributed by atoms with E-state index in [9.17, 15) is 24.4 Å². The lowest BCUT2D eigenvalue weighted by molar-refractivity contribution is -0.384. The molecule has 1 heterocycles. The molecule has 0 bridgehead atoms. The van der Waals surface area contributed by atoms with Crippen molar-refractivity contribution in [1.29, 1.82) is 0 Å². The van der Waals surface area contributed by atoms with E-state index >= 15 is 0 Å². The second kappa shape index (κ2) is 5.92. The van der Waals surface area contributed by atoms with Crippen LogP contribution in [0.2, 0.25) is 0 Å². The van der Waals surface area contributed by atoms with Crippen LogP contribution in [0.15, 0.2) is 18.2 Å². The molecule has 1 aromatic rings. The summed E-state index contributed by atoms with van der Waals surface area (Å²) in [5.41, 5.74) is 4.70. The number of carbonyl (C=O) groups is 1. The monoisotopic (exact) mass is 299 g/mol. The summed E-state index contributed by atoms with van der Waals surface area (Å²) in [4.78, 5) is 22.6. The summed E-state index contributed by atoms with van der Waals surface area (Å²) in [6.45, 7) is -0.145. The van der Waals surface area contributed by atoms with Crippen LogP contribution in [0.1, 0.15) is 6.42 Å². The fourth-order valence-corrected chi connectivity index (χ4v) is 2.48. The molecule has 1 aliphatic rings. The number of anilines is 1. The minimum atomic E-state index is -0.952. The number of halogens is 1. The first-order chi connectivity index (χ1) is 9.92. The Morgan fingerprint density at radius 1 is 1.62 bits per heavy atom. The molecule has 0 aliphatic carbocycles. The Balaban J connectivity index is 2.31. The number of rotatable bonds is 4. The maximum atomic E-state index is 13.2. The molecule has 1 amide bonds. The predicted molar refractivity (Wildman–Crippen MR) is 70.3 cm³/mol. The lowest BCUT2D eigenvalue weighted by atomic mass is 10.2. The Kier molecular flexibility index (Phi) is 4.22. The van der Waals surface area contributed by atoms with Crippen LogP contribution in [0.4, 0.5) is 20.6 Å². The number of carbonyl (C=O) groups excluding carboxylic acids is 1. The van der Waals surface area contributed by atoms with Crippen molar-refractivity contribution in [2.24, 2.45) is 5.73 Å². The Labute approximate surface area is 119 Å². The van der Waals surface area contributed by atoms with Gasteiger partial charge in [0.1, 0.15) is 17.6 Å². The van der Waals surface area contributed by atoms with Crippen LogP contribution in [0.25, 0.3) is 0 Å². The zero-order valence-corrected chi connectivity index (χ0v) is 10.9. The summed E-state index contributed by atoms with van der Waals surface area (Å²) in [6.07, 6.45) is -1.25. The average molecular weight is 299 g/mol. The number of nitro groups is 1. The van der Waals surface area contributed by atoms with E-state index in [2.05, 4.69) is 0 Å². The number of nitrogens with two attached hydrogens (primary N) is 1. The highest BCUT2D eigenvalue weighted by atomic mass is 19.1. The molecule has 1 aliphatic heterocycles. The smallest absolute Gasteiger partial charge is 0.404 e. The largest absolute Gasteiger partial charge is 0.444 e. The molecule has 1 aromatic carbocycles. The van der Waals surface area contributed by atoms with E-state index < -0.39 is 34.7 Å². The first-order valence-corrected chi connectivity index (χ1v) is 6.20. The standard InChI is InChI=1S/C12H14FN3O5/c13-7-1-2-10(11(3-7)16(19)20)15-5-9(21-12(14)18)4-8(15)6-17/h1-3,8-9,17H,4-6H2,(H2,14,18)/t8-,9-/m0/s1. The highest BCUT2D eigenvalue weighted by molar-refractivity contribution is 5.66. The molecular weight excluding hydrogens is 285 g/mol. The molecule has 1 saturated heterocycles. The molecule has 0 saturated carbocycles. The molecule has 0 radical (unpaired) electrons. The number of amides is 1. The second-order valence-electron chi connectivity index (χ2n) is 4.67. The third-order valence-electron chi connectivity index (χ3n) is 3.31. The zero-order valence-electron chi connectivity index (χ0n) is 10.9. The minimum absolute atomic E-state index is 0.140. The van der Waals surface area contributed by atoms with Crippen LogP contribution in [-0.4, -0.2) is 41.4 Å². The Hall–Kier alpha value is -2.42. The molecule has 9 heteroatoms. The van der Waals surface area contributed by atoms with Crippen LogP contribution < -0.4 is 10.6 Å². The number of benzene rings is 1. The fourth-order valence-electron chi connectivity index (χ4n) is 2.48. The molecule has 3 N–H and O–H groups in total. The first-order valence-electron chi connectivity index (χ1n) is 6.20. The SMILES string of the molecule is NC(=O)O[C@H]1C[C@@H](CO)N(c2ccc(F)cc2[N+](=O)[O-])C1.